The van der Waals surface area contributed by atoms with E-state index in [2.05, 4.69) is 5.32 Å². The Hall–Kier alpha value is -1.52. The zero-order chi connectivity index (χ0) is 12.5. The van der Waals surface area contributed by atoms with Crippen molar-refractivity contribution in [2.45, 2.75) is 18.9 Å². The zero-order valence-corrected chi connectivity index (χ0v) is 11.3. The van der Waals surface area contributed by atoms with Crippen LogP contribution < -0.4 is 11.1 Å². The molecule has 3 N–H and O–H groups in total. The van der Waals surface area contributed by atoms with E-state index in [0.29, 0.717) is 18.2 Å². The average Bonchev–Trinajstić information content (AvgIpc) is 3.13. The van der Waals surface area contributed by atoms with Gasteiger partial charge in [0.1, 0.15) is 5.58 Å². The third-order valence-corrected chi connectivity index (χ3v) is 3.41. The molecule has 4 nitrogen and oxygen atoms in total. The van der Waals surface area contributed by atoms with Crippen LogP contribution in [-0.4, -0.2) is 18.5 Å². The summed E-state index contributed by atoms with van der Waals surface area (Å²) in [6.45, 7) is 0.483. The molecule has 1 aliphatic carbocycles. The molecule has 0 aliphatic heterocycles. The van der Waals surface area contributed by atoms with Crippen molar-refractivity contribution in [3.05, 3.63) is 36.1 Å². The van der Waals surface area contributed by atoms with Crippen LogP contribution in [0.5, 0.6) is 0 Å². The van der Waals surface area contributed by atoms with Crippen molar-refractivity contribution in [1.29, 1.82) is 0 Å². The van der Waals surface area contributed by atoms with Crippen molar-refractivity contribution >= 4 is 29.3 Å². The molecule has 19 heavy (non-hydrogen) atoms. The number of nitrogens with two attached hydrogens (primary N) is 1. The SMILES string of the molecule is Cl.NCC(NC(=O)c1cc2ccccc2o1)C1CC1. The first-order valence-corrected chi connectivity index (χ1v) is 6.27. The standard InChI is InChI=1S/C14H16N2O2.ClH/c15-8-11(9-5-6-9)16-14(17)13-7-10-3-1-2-4-12(10)18-13;/h1-4,7,9,11H,5-6,8,15H2,(H,16,17);1H. The number of nitrogens with one attached hydrogen (secondary N) is 1. The molecule has 5 heteroatoms. The highest BCUT2D eigenvalue weighted by Crippen LogP contribution is 2.32. The predicted octanol–water partition coefficient (Wildman–Crippen LogP) is 2.32. The van der Waals surface area contributed by atoms with Gasteiger partial charge in [0.05, 0.1) is 0 Å². The lowest BCUT2D eigenvalue weighted by Gasteiger charge is -2.14. The summed E-state index contributed by atoms with van der Waals surface area (Å²) in [4.78, 5) is 12.1. The number of fused-ring (bicyclic) bond motifs is 1. The van der Waals surface area contributed by atoms with Crippen LogP contribution in [0.25, 0.3) is 11.0 Å². The van der Waals surface area contributed by atoms with Crippen molar-refractivity contribution in [1.82, 2.24) is 5.32 Å². The van der Waals surface area contributed by atoms with Gasteiger partial charge < -0.3 is 15.5 Å². The van der Waals surface area contributed by atoms with Crippen LogP contribution in [0.15, 0.2) is 34.7 Å². The van der Waals surface area contributed by atoms with Gasteiger partial charge in [0.25, 0.3) is 5.91 Å². The second-order valence-corrected chi connectivity index (χ2v) is 4.80. The van der Waals surface area contributed by atoms with Crippen LogP contribution in [0.3, 0.4) is 0 Å². The third kappa shape index (κ3) is 2.91. The summed E-state index contributed by atoms with van der Waals surface area (Å²) in [5.74, 6) is 0.729. The summed E-state index contributed by atoms with van der Waals surface area (Å²) in [6.07, 6.45) is 2.31. The monoisotopic (exact) mass is 280 g/mol. The second kappa shape index (κ2) is 5.63. The van der Waals surface area contributed by atoms with E-state index in [1.54, 1.807) is 6.07 Å². The number of furan rings is 1. The molecule has 0 radical (unpaired) electrons. The molecule has 1 saturated carbocycles. The van der Waals surface area contributed by atoms with Gasteiger partial charge in [0, 0.05) is 18.0 Å². The van der Waals surface area contributed by atoms with Crippen LogP contribution in [0.2, 0.25) is 0 Å². The smallest absolute Gasteiger partial charge is 0.287 e. The second-order valence-electron chi connectivity index (χ2n) is 4.80. The minimum Gasteiger partial charge on any atom is -0.451 e. The van der Waals surface area contributed by atoms with E-state index in [-0.39, 0.29) is 24.4 Å². The Kier molecular flexibility index (Phi) is 4.12. The molecular formula is C14H17ClN2O2. The molecule has 2 aromatic rings. The van der Waals surface area contributed by atoms with Gasteiger partial charge in [0.15, 0.2) is 5.76 Å². The zero-order valence-electron chi connectivity index (χ0n) is 10.5. The van der Waals surface area contributed by atoms with Crippen LogP contribution in [0.4, 0.5) is 0 Å². The molecule has 3 rings (SSSR count). The summed E-state index contributed by atoms with van der Waals surface area (Å²) >= 11 is 0. The average molecular weight is 281 g/mol. The Balaban J connectivity index is 0.00000133. The lowest BCUT2D eigenvalue weighted by molar-refractivity contribution is 0.0907. The Morgan fingerprint density at radius 1 is 1.42 bits per heavy atom. The van der Waals surface area contributed by atoms with Gasteiger partial charge in [-0.3, -0.25) is 4.79 Å². The highest BCUT2D eigenvalue weighted by Gasteiger charge is 2.31. The van der Waals surface area contributed by atoms with E-state index < -0.39 is 0 Å². The summed E-state index contributed by atoms with van der Waals surface area (Å²) in [7, 11) is 0. The Labute approximate surface area is 117 Å². The molecule has 1 unspecified atom stereocenters. The summed E-state index contributed by atoms with van der Waals surface area (Å²) in [5.41, 5.74) is 6.40. The fourth-order valence-electron chi connectivity index (χ4n) is 2.20. The summed E-state index contributed by atoms with van der Waals surface area (Å²) < 4.78 is 5.52. The highest BCUT2D eigenvalue weighted by molar-refractivity contribution is 5.96. The van der Waals surface area contributed by atoms with Crippen LogP contribution >= 0.6 is 12.4 Å². The number of para-hydroxylation sites is 1. The summed E-state index contributed by atoms with van der Waals surface area (Å²) in [5, 5.41) is 3.89. The van der Waals surface area contributed by atoms with Gasteiger partial charge in [-0.25, -0.2) is 0 Å². The molecule has 0 spiro atoms. The van der Waals surface area contributed by atoms with E-state index >= 15 is 0 Å². The van der Waals surface area contributed by atoms with Crippen LogP contribution in [-0.2, 0) is 0 Å². The van der Waals surface area contributed by atoms with Crippen LogP contribution in [0, 0.1) is 5.92 Å². The minimum atomic E-state index is -0.173. The van der Waals surface area contributed by atoms with Gasteiger partial charge >= 0.3 is 0 Å². The molecule has 0 saturated heterocycles. The van der Waals surface area contributed by atoms with Crippen molar-refractivity contribution in [3.8, 4) is 0 Å². The maximum absolute atomic E-state index is 12.1. The van der Waals surface area contributed by atoms with Crippen molar-refractivity contribution in [2.24, 2.45) is 11.7 Å². The molecule has 1 aromatic heterocycles. The number of hydrogen-bond acceptors (Lipinski definition) is 3. The lowest BCUT2D eigenvalue weighted by atomic mass is 10.2. The quantitative estimate of drug-likeness (QED) is 0.903. The molecule has 1 atom stereocenters. The topological polar surface area (TPSA) is 68.3 Å². The van der Waals surface area contributed by atoms with Gasteiger partial charge in [-0.05, 0) is 30.9 Å². The molecule has 102 valence electrons. The molecule has 1 heterocycles. The van der Waals surface area contributed by atoms with E-state index in [9.17, 15) is 4.79 Å². The van der Waals surface area contributed by atoms with Crippen molar-refractivity contribution in [3.63, 3.8) is 0 Å². The number of halogens is 1. The molecule has 0 bridgehead atoms. The predicted molar refractivity (Wildman–Crippen MR) is 76.5 cm³/mol. The summed E-state index contributed by atoms with van der Waals surface area (Å²) in [6, 6.07) is 9.44. The first-order valence-electron chi connectivity index (χ1n) is 6.27. The van der Waals surface area contributed by atoms with Gasteiger partial charge in [-0.2, -0.15) is 0 Å². The Morgan fingerprint density at radius 3 is 2.79 bits per heavy atom. The number of rotatable bonds is 4. The Bertz CT molecular complexity index is 545. The van der Waals surface area contributed by atoms with E-state index in [1.165, 1.54) is 0 Å². The van der Waals surface area contributed by atoms with Gasteiger partial charge in [-0.15, -0.1) is 12.4 Å². The van der Waals surface area contributed by atoms with Crippen molar-refractivity contribution < 1.29 is 9.21 Å². The van der Waals surface area contributed by atoms with E-state index in [4.69, 9.17) is 10.2 Å². The number of carbonyl (C=O) groups is 1. The van der Waals surface area contributed by atoms with Gasteiger partial charge in [0.2, 0.25) is 0 Å². The first kappa shape index (κ1) is 13.9. The largest absolute Gasteiger partial charge is 0.451 e. The molecular weight excluding hydrogens is 264 g/mol. The number of amides is 1. The van der Waals surface area contributed by atoms with E-state index in [0.717, 1.165) is 23.8 Å². The maximum atomic E-state index is 12.1. The minimum absolute atomic E-state index is 0. The lowest BCUT2D eigenvalue weighted by Crippen LogP contribution is -2.41. The number of carbonyl (C=O) groups excluding carboxylic acids is 1. The molecule has 1 amide bonds. The fraction of sp³-hybridized carbons (Fsp3) is 0.357. The number of hydrogen-bond donors (Lipinski definition) is 2. The van der Waals surface area contributed by atoms with Gasteiger partial charge in [-0.1, -0.05) is 18.2 Å². The first-order chi connectivity index (χ1) is 8.78. The van der Waals surface area contributed by atoms with Crippen LogP contribution in [0.1, 0.15) is 23.4 Å². The highest BCUT2D eigenvalue weighted by atomic mass is 35.5. The molecule has 1 fully saturated rings. The Morgan fingerprint density at radius 2 is 2.16 bits per heavy atom. The van der Waals surface area contributed by atoms with Crippen molar-refractivity contribution in [2.75, 3.05) is 6.54 Å². The number of benzene rings is 1. The normalized spacial score (nSPS) is 15.8. The molecule has 1 aliphatic rings. The molecule has 1 aromatic carbocycles. The maximum Gasteiger partial charge on any atom is 0.287 e. The fourth-order valence-corrected chi connectivity index (χ4v) is 2.20. The van der Waals surface area contributed by atoms with E-state index in [1.807, 2.05) is 24.3 Å². The third-order valence-electron chi connectivity index (χ3n) is 3.41.